The van der Waals surface area contributed by atoms with Crippen molar-refractivity contribution in [2.75, 3.05) is 6.54 Å². The van der Waals surface area contributed by atoms with Gasteiger partial charge in [-0.05, 0) is 26.7 Å². The molecule has 1 aromatic heterocycles. The Balaban J connectivity index is 2.41. The van der Waals surface area contributed by atoms with Gasteiger partial charge in [-0.1, -0.05) is 13.8 Å². The molecule has 0 spiro atoms. The molecule has 4 heteroatoms. The first kappa shape index (κ1) is 13.2. The molecule has 0 aliphatic carbocycles. The van der Waals surface area contributed by atoms with E-state index in [4.69, 9.17) is 4.42 Å². The molecule has 0 fully saturated rings. The molecule has 0 bridgehead atoms. The van der Waals surface area contributed by atoms with E-state index in [2.05, 4.69) is 10.3 Å². The monoisotopic (exact) mass is 226 g/mol. The second-order valence-corrected chi connectivity index (χ2v) is 4.28. The maximum atomic E-state index is 10.1. The molecule has 4 nitrogen and oxygen atoms in total. The van der Waals surface area contributed by atoms with Crippen LogP contribution in [0.15, 0.2) is 4.42 Å². The SMILES string of the molecule is CCC(O)(CC)CNCc1nc(C)c(C)o1. The Kier molecular flexibility index (Phi) is 4.50. The molecule has 0 atom stereocenters. The van der Waals surface area contributed by atoms with Crippen molar-refractivity contribution in [1.82, 2.24) is 10.3 Å². The minimum absolute atomic E-state index is 0.566. The normalized spacial score (nSPS) is 12.1. The molecule has 0 unspecified atom stereocenters. The van der Waals surface area contributed by atoms with Crippen LogP contribution in [0.3, 0.4) is 0 Å². The van der Waals surface area contributed by atoms with E-state index >= 15 is 0 Å². The Labute approximate surface area is 97.1 Å². The predicted molar refractivity (Wildman–Crippen MR) is 63.2 cm³/mol. The smallest absolute Gasteiger partial charge is 0.208 e. The fraction of sp³-hybridized carbons (Fsp3) is 0.750. The number of oxazole rings is 1. The number of hydrogen-bond donors (Lipinski definition) is 2. The van der Waals surface area contributed by atoms with Gasteiger partial charge in [0.25, 0.3) is 0 Å². The lowest BCUT2D eigenvalue weighted by Crippen LogP contribution is -2.39. The lowest BCUT2D eigenvalue weighted by atomic mass is 9.98. The molecular weight excluding hydrogens is 204 g/mol. The van der Waals surface area contributed by atoms with Gasteiger partial charge in [0.1, 0.15) is 5.76 Å². The van der Waals surface area contributed by atoms with E-state index in [-0.39, 0.29) is 0 Å². The van der Waals surface area contributed by atoms with Crippen molar-refractivity contribution in [1.29, 1.82) is 0 Å². The Morgan fingerprint density at radius 2 is 1.94 bits per heavy atom. The maximum Gasteiger partial charge on any atom is 0.208 e. The van der Waals surface area contributed by atoms with Crippen LogP contribution in [0.5, 0.6) is 0 Å². The van der Waals surface area contributed by atoms with Gasteiger partial charge < -0.3 is 14.8 Å². The topological polar surface area (TPSA) is 58.3 Å². The molecule has 92 valence electrons. The third-order valence-electron chi connectivity index (χ3n) is 3.12. The molecule has 0 saturated heterocycles. The van der Waals surface area contributed by atoms with Crippen molar-refractivity contribution in [3.63, 3.8) is 0 Å². The van der Waals surface area contributed by atoms with E-state index in [1.54, 1.807) is 0 Å². The molecule has 0 saturated carbocycles. The van der Waals surface area contributed by atoms with Gasteiger partial charge in [0.15, 0.2) is 0 Å². The third-order valence-corrected chi connectivity index (χ3v) is 3.12. The number of nitrogens with zero attached hydrogens (tertiary/aromatic N) is 1. The van der Waals surface area contributed by atoms with E-state index in [1.807, 2.05) is 27.7 Å². The summed E-state index contributed by atoms with van der Waals surface area (Å²) in [5.74, 6) is 1.54. The van der Waals surface area contributed by atoms with Gasteiger partial charge >= 0.3 is 0 Å². The van der Waals surface area contributed by atoms with E-state index in [9.17, 15) is 5.11 Å². The average Bonchev–Trinajstić information content (AvgIpc) is 2.58. The lowest BCUT2D eigenvalue weighted by molar-refractivity contribution is 0.0318. The molecular formula is C12H22N2O2. The number of hydrogen-bond acceptors (Lipinski definition) is 4. The first-order valence-electron chi connectivity index (χ1n) is 5.86. The molecule has 1 rings (SSSR count). The molecule has 2 N–H and O–H groups in total. The number of aryl methyl sites for hydroxylation is 2. The standard InChI is InChI=1S/C12H22N2O2/c1-5-12(15,6-2)8-13-7-11-14-9(3)10(4)16-11/h13,15H,5-8H2,1-4H3. The number of rotatable bonds is 6. The van der Waals surface area contributed by atoms with E-state index in [0.29, 0.717) is 19.0 Å². The van der Waals surface area contributed by atoms with Crippen molar-refractivity contribution < 1.29 is 9.52 Å². The van der Waals surface area contributed by atoms with Crippen molar-refractivity contribution in [2.24, 2.45) is 0 Å². The van der Waals surface area contributed by atoms with Crippen LogP contribution in [-0.4, -0.2) is 22.2 Å². The first-order chi connectivity index (χ1) is 7.50. The molecule has 0 aromatic carbocycles. The van der Waals surface area contributed by atoms with E-state index in [1.165, 1.54) is 0 Å². The highest BCUT2D eigenvalue weighted by Crippen LogP contribution is 2.13. The fourth-order valence-corrected chi connectivity index (χ4v) is 1.52. The van der Waals surface area contributed by atoms with Gasteiger partial charge in [-0.25, -0.2) is 4.98 Å². The van der Waals surface area contributed by atoms with Gasteiger partial charge in [-0.3, -0.25) is 0 Å². The van der Waals surface area contributed by atoms with Gasteiger partial charge in [-0.15, -0.1) is 0 Å². The molecule has 1 heterocycles. The summed E-state index contributed by atoms with van der Waals surface area (Å²) in [6, 6.07) is 0. The Hall–Kier alpha value is -0.870. The summed E-state index contributed by atoms with van der Waals surface area (Å²) in [6.45, 7) is 8.95. The summed E-state index contributed by atoms with van der Waals surface area (Å²) < 4.78 is 5.44. The number of nitrogens with one attached hydrogen (secondary N) is 1. The van der Waals surface area contributed by atoms with Gasteiger partial charge in [0, 0.05) is 6.54 Å². The average molecular weight is 226 g/mol. The largest absolute Gasteiger partial charge is 0.444 e. The fourth-order valence-electron chi connectivity index (χ4n) is 1.52. The lowest BCUT2D eigenvalue weighted by Gasteiger charge is -2.25. The van der Waals surface area contributed by atoms with Gasteiger partial charge in [0.05, 0.1) is 17.8 Å². The van der Waals surface area contributed by atoms with Crippen molar-refractivity contribution in [2.45, 2.75) is 52.7 Å². The quantitative estimate of drug-likeness (QED) is 0.778. The van der Waals surface area contributed by atoms with Crippen LogP contribution in [0.1, 0.15) is 44.0 Å². The van der Waals surface area contributed by atoms with Crippen molar-refractivity contribution >= 4 is 0 Å². The zero-order valence-corrected chi connectivity index (χ0v) is 10.6. The van der Waals surface area contributed by atoms with Gasteiger partial charge in [-0.2, -0.15) is 0 Å². The van der Waals surface area contributed by atoms with Gasteiger partial charge in [0.2, 0.25) is 5.89 Å². The summed E-state index contributed by atoms with van der Waals surface area (Å²) in [6.07, 6.45) is 1.50. The highest BCUT2D eigenvalue weighted by Gasteiger charge is 2.21. The van der Waals surface area contributed by atoms with Crippen LogP contribution < -0.4 is 5.32 Å². The predicted octanol–water partition coefficient (Wildman–Crippen LogP) is 1.93. The van der Waals surface area contributed by atoms with E-state index in [0.717, 1.165) is 24.3 Å². The summed E-state index contributed by atoms with van der Waals surface area (Å²) in [4.78, 5) is 4.27. The zero-order chi connectivity index (χ0) is 12.2. The molecule has 0 aliphatic rings. The van der Waals surface area contributed by atoms with Crippen molar-refractivity contribution in [3.8, 4) is 0 Å². The molecule has 16 heavy (non-hydrogen) atoms. The Bertz CT molecular complexity index is 310. The molecule has 1 aromatic rings. The number of aliphatic hydroxyl groups is 1. The molecule has 0 amide bonds. The summed E-state index contributed by atoms with van der Waals surface area (Å²) in [5.41, 5.74) is 0.314. The second-order valence-electron chi connectivity index (χ2n) is 4.28. The maximum absolute atomic E-state index is 10.1. The van der Waals surface area contributed by atoms with Crippen LogP contribution in [0.25, 0.3) is 0 Å². The molecule has 0 radical (unpaired) electrons. The zero-order valence-electron chi connectivity index (χ0n) is 10.6. The number of aromatic nitrogens is 1. The highest BCUT2D eigenvalue weighted by atomic mass is 16.4. The summed E-state index contributed by atoms with van der Waals surface area (Å²) in [7, 11) is 0. The highest BCUT2D eigenvalue weighted by molar-refractivity contribution is 5.05. The van der Waals surface area contributed by atoms with Crippen LogP contribution in [0, 0.1) is 13.8 Å². The first-order valence-corrected chi connectivity index (χ1v) is 5.86. The van der Waals surface area contributed by atoms with Crippen LogP contribution in [0.2, 0.25) is 0 Å². The second kappa shape index (κ2) is 5.46. The van der Waals surface area contributed by atoms with Crippen LogP contribution in [0.4, 0.5) is 0 Å². The minimum Gasteiger partial charge on any atom is -0.444 e. The summed E-state index contributed by atoms with van der Waals surface area (Å²) in [5, 5.41) is 13.2. The van der Waals surface area contributed by atoms with Crippen LogP contribution in [-0.2, 0) is 6.54 Å². The molecule has 0 aliphatic heterocycles. The van der Waals surface area contributed by atoms with Crippen LogP contribution >= 0.6 is 0 Å². The third kappa shape index (κ3) is 3.32. The van der Waals surface area contributed by atoms with E-state index < -0.39 is 5.60 Å². The summed E-state index contributed by atoms with van der Waals surface area (Å²) >= 11 is 0. The minimum atomic E-state index is -0.614. The van der Waals surface area contributed by atoms with Crippen molar-refractivity contribution in [3.05, 3.63) is 17.3 Å². The Morgan fingerprint density at radius 3 is 2.38 bits per heavy atom. The Morgan fingerprint density at radius 1 is 1.31 bits per heavy atom.